The highest BCUT2D eigenvalue weighted by molar-refractivity contribution is 6.31. The molecule has 0 atom stereocenters. The predicted molar refractivity (Wildman–Crippen MR) is 88.3 cm³/mol. The second-order valence-electron chi connectivity index (χ2n) is 5.25. The van der Waals surface area contributed by atoms with Gasteiger partial charge in [-0.25, -0.2) is 0 Å². The van der Waals surface area contributed by atoms with Gasteiger partial charge in [0, 0.05) is 18.1 Å². The van der Waals surface area contributed by atoms with Crippen LogP contribution in [0.5, 0.6) is 0 Å². The van der Waals surface area contributed by atoms with Gasteiger partial charge in [-0.3, -0.25) is 9.59 Å². The first-order valence-corrected chi connectivity index (χ1v) is 7.96. The van der Waals surface area contributed by atoms with Crippen molar-refractivity contribution in [2.24, 2.45) is 0 Å². The molecule has 2 aromatic rings. The number of hydrogen-bond acceptors (Lipinski definition) is 3. The van der Waals surface area contributed by atoms with Crippen molar-refractivity contribution in [3.63, 3.8) is 0 Å². The molecule has 120 valence electrons. The Morgan fingerprint density at radius 2 is 1.83 bits per heavy atom. The van der Waals surface area contributed by atoms with Crippen LogP contribution >= 0.6 is 23.2 Å². The highest BCUT2D eigenvalue weighted by Gasteiger charge is 2.23. The van der Waals surface area contributed by atoms with Crippen molar-refractivity contribution in [2.45, 2.75) is 12.8 Å². The number of nitrogens with one attached hydrogen (secondary N) is 1. The van der Waals surface area contributed by atoms with Crippen molar-refractivity contribution >= 4 is 40.7 Å². The third-order valence-electron chi connectivity index (χ3n) is 3.65. The van der Waals surface area contributed by atoms with Crippen LogP contribution in [0.25, 0.3) is 0 Å². The molecular weight excluding hydrogens is 339 g/mol. The lowest BCUT2D eigenvalue weighted by molar-refractivity contribution is 0.0794. The number of carbonyl (C=O) groups excluding carboxylic acids is 2. The highest BCUT2D eigenvalue weighted by Crippen LogP contribution is 2.25. The smallest absolute Gasteiger partial charge is 0.291 e. The van der Waals surface area contributed by atoms with Gasteiger partial charge in [0.2, 0.25) is 0 Å². The maximum absolute atomic E-state index is 12.6. The Balaban J connectivity index is 1.86. The second kappa shape index (κ2) is 6.64. The molecule has 0 radical (unpaired) electrons. The van der Waals surface area contributed by atoms with E-state index in [-0.39, 0.29) is 16.9 Å². The Morgan fingerprint density at radius 1 is 1.09 bits per heavy atom. The number of anilines is 1. The van der Waals surface area contributed by atoms with Gasteiger partial charge in [-0.05, 0) is 54.8 Å². The van der Waals surface area contributed by atoms with E-state index in [1.165, 1.54) is 12.1 Å². The van der Waals surface area contributed by atoms with Crippen molar-refractivity contribution in [3.8, 4) is 0 Å². The Morgan fingerprint density at radius 3 is 2.48 bits per heavy atom. The van der Waals surface area contributed by atoms with Gasteiger partial charge in [-0.15, -0.1) is 0 Å². The van der Waals surface area contributed by atoms with E-state index in [4.69, 9.17) is 27.6 Å². The van der Waals surface area contributed by atoms with Crippen LogP contribution in [0.2, 0.25) is 10.2 Å². The molecule has 1 aromatic heterocycles. The van der Waals surface area contributed by atoms with Crippen LogP contribution in [-0.2, 0) is 0 Å². The SMILES string of the molecule is O=C(Nc1ccc(Cl)cc1C(=O)N1CCCC1)c1ccc(Cl)o1. The van der Waals surface area contributed by atoms with Gasteiger partial charge in [0.1, 0.15) is 0 Å². The Hall–Kier alpha value is -1.98. The summed E-state index contributed by atoms with van der Waals surface area (Å²) in [5, 5.41) is 3.24. The van der Waals surface area contributed by atoms with Crippen molar-refractivity contribution in [2.75, 3.05) is 18.4 Å². The van der Waals surface area contributed by atoms with Gasteiger partial charge in [-0.1, -0.05) is 11.6 Å². The van der Waals surface area contributed by atoms with Gasteiger partial charge in [0.05, 0.1) is 11.3 Å². The van der Waals surface area contributed by atoms with E-state index in [0.29, 0.717) is 29.4 Å². The summed E-state index contributed by atoms with van der Waals surface area (Å²) in [6, 6.07) is 7.73. The molecule has 5 nitrogen and oxygen atoms in total. The minimum Gasteiger partial charge on any atom is -0.440 e. The van der Waals surface area contributed by atoms with Crippen LogP contribution in [-0.4, -0.2) is 29.8 Å². The molecule has 1 saturated heterocycles. The summed E-state index contributed by atoms with van der Waals surface area (Å²) in [7, 11) is 0. The molecule has 1 aliphatic rings. The topological polar surface area (TPSA) is 62.6 Å². The third-order valence-corrected chi connectivity index (χ3v) is 4.09. The van der Waals surface area contributed by atoms with Crippen molar-refractivity contribution < 1.29 is 14.0 Å². The molecule has 0 bridgehead atoms. The number of amides is 2. The number of halogens is 2. The first kappa shape index (κ1) is 15.9. The second-order valence-corrected chi connectivity index (χ2v) is 6.06. The Labute approximate surface area is 143 Å². The van der Waals surface area contributed by atoms with E-state index in [9.17, 15) is 9.59 Å². The van der Waals surface area contributed by atoms with Crippen LogP contribution in [0.15, 0.2) is 34.7 Å². The van der Waals surface area contributed by atoms with E-state index in [1.54, 1.807) is 23.1 Å². The van der Waals surface area contributed by atoms with E-state index >= 15 is 0 Å². The maximum Gasteiger partial charge on any atom is 0.291 e. The van der Waals surface area contributed by atoms with Crippen LogP contribution in [0.1, 0.15) is 33.8 Å². The zero-order valence-corrected chi connectivity index (χ0v) is 13.7. The number of carbonyl (C=O) groups is 2. The standard InChI is InChI=1S/C16H14Cl2N2O3/c17-10-3-4-12(19-15(21)13-5-6-14(18)23-13)11(9-10)16(22)20-7-1-2-8-20/h3-6,9H,1-2,7-8H2,(H,19,21). The summed E-state index contributed by atoms with van der Waals surface area (Å²) >= 11 is 11.7. The van der Waals surface area contributed by atoms with Crippen molar-refractivity contribution in [1.82, 2.24) is 4.90 Å². The number of likely N-dealkylation sites (tertiary alicyclic amines) is 1. The fourth-order valence-electron chi connectivity index (χ4n) is 2.51. The first-order chi connectivity index (χ1) is 11.0. The largest absolute Gasteiger partial charge is 0.440 e. The Kier molecular flexibility index (Phi) is 4.59. The highest BCUT2D eigenvalue weighted by atomic mass is 35.5. The number of furan rings is 1. The zero-order valence-electron chi connectivity index (χ0n) is 12.1. The molecule has 0 spiro atoms. The molecule has 0 aliphatic carbocycles. The lowest BCUT2D eigenvalue weighted by Crippen LogP contribution is -2.28. The predicted octanol–water partition coefficient (Wildman–Crippen LogP) is 4.07. The zero-order chi connectivity index (χ0) is 16.4. The first-order valence-electron chi connectivity index (χ1n) is 7.20. The molecule has 0 unspecified atom stereocenters. The number of nitrogens with zero attached hydrogens (tertiary/aromatic N) is 1. The number of benzene rings is 1. The molecular formula is C16H14Cl2N2O3. The van der Waals surface area contributed by atoms with Gasteiger partial charge in [0.15, 0.2) is 11.0 Å². The summed E-state index contributed by atoms with van der Waals surface area (Å²) in [5.41, 5.74) is 0.759. The lowest BCUT2D eigenvalue weighted by Gasteiger charge is -2.18. The maximum atomic E-state index is 12.6. The van der Waals surface area contributed by atoms with Crippen molar-refractivity contribution in [1.29, 1.82) is 0 Å². The van der Waals surface area contributed by atoms with Crippen LogP contribution < -0.4 is 5.32 Å². The minimum atomic E-state index is -0.477. The van der Waals surface area contributed by atoms with E-state index in [0.717, 1.165) is 12.8 Å². The monoisotopic (exact) mass is 352 g/mol. The normalized spacial score (nSPS) is 14.1. The Bertz CT molecular complexity index is 752. The molecule has 23 heavy (non-hydrogen) atoms. The molecule has 2 amide bonds. The summed E-state index contributed by atoms with van der Waals surface area (Å²) in [4.78, 5) is 26.6. The average Bonchev–Trinajstić information content (AvgIpc) is 3.19. The molecule has 1 aromatic carbocycles. The number of rotatable bonds is 3. The third kappa shape index (κ3) is 3.51. The van der Waals surface area contributed by atoms with Gasteiger partial charge < -0.3 is 14.6 Å². The number of hydrogen-bond donors (Lipinski definition) is 1. The van der Waals surface area contributed by atoms with Gasteiger partial charge in [0.25, 0.3) is 11.8 Å². The summed E-state index contributed by atoms with van der Waals surface area (Å²) < 4.78 is 5.07. The molecule has 2 heterocycles. The van der Waals surface area contributed by atoms with Crippen molar-refractivity contribution in [3.05, 3.63) is 51.9 Å². The molecule has 1 N–H and O–H groups in total. The van der Waals surface area contributed by atoms with Gasteiger partial charge in [-0.2, -0.15) is 0 Å². The van der Waals surface area contributed by atoms with Crippen LogP contribution in [0, 0.1) is 0 Å². The van der Waals surface area contributed by atoms with E-state index in [1.807, 2.05) is 0 Å². The summed E-state index contributed by atoms with van der Waals surface area (Å²) in [5.74, 6) is -0.544. The average molecular weight is 353 g/mol. The minimum absolute atomic E-state index is 0.0736. The lowest BCUT2D eigenvalue weighted by atomic mass is 10.1. The van der Waals surface area contributed by atoms with Crippen LogP contribution in [0.3, 0.4) is 0 Å². The molecule has 1 fully saturated rings. The van der Waals surface area contributed by atoms with E-state index in [2.05, 4.69) is 5.32 Å². The fourth-order valence-corrected chi connectivity index (χ4v) is 2.83. The summed E-state index contributed by atoms with van der Waals surface area (Å²) in [6.07, 6.45) is 1.97. The fraction of sp³-hybridized carbons (Fsp3) is 0.250. The molecule has 0 saturated carbocycles. The molecule has 1 aliphatic heterocycles. The van der Waals surface area contributed by atoms with E-state index < -0.39 is 5.91 Å². The quantitative estimate of drug-likeness (QED) is 0.905. The summed E-state index contributed by atoms with van der Waals surface area (Å²) in [6.45, 7) is 1.43. The molecule has 7 heteroatoms. The van der Waals surface area contributed by atoms with Crippen LogP contribution in [0.4, 0.5) is 5.69 Å². The molecule has 3 rings (SSSR count). The van der Waals surface area contributed by atoms with Gasteiger partial charge >= 0.3 is 0 Å².